The summed E-state index contributed by atoms with van der Waals surface area (Å²) in [5, 5.41) is 7.44. The predicted octanol–water partition coefficient (Wildman–Crippen LogP) is -0.554. The van der Waals surface area contributed by atoms with E-state index >= 15 is 0 Å². The number of benzene rings is 1. The highest BCUT2D eigenvalue weighted by Gasteiger charge is 2.27. The van der Waals surface area contributed by atoms with E-state index in [4.69, 9.17) is 4.52 Å². The van der Waals surface area contributed by atoms with Gasteiger partial charge in [-0.3, -0.25) is 0 Å². The fraction of sp³-hybridized carbons (Fsp3) is 0.312. The van der Waals surface area contributed by atoms with Crippen molar-refractivity contribution in [2.45, 2.75) is 18.8 Å². The molecule has 5 nitrogen and oxygen atoms in total. The van der Waals surface area contributed by atoms with Gasteiger partial charge in [-0.2, -0.15) is 4.98 Å². The van der Waals surface area contributed by atoms with Gasteiger partial charge in [-0.25, -0.2) is 0 Å². The van der Waals surface area contributed by atoms with Gasteiger partial charge in [0.2, 0.25) is 5.89 Å². The second kappa shape index (κ2) is 7.73. The molecular weight excluding hydrogens is 335 g/mol. The van der Waals surface area contributed by atoms with Gasteiger partial charge in [0.05, 0.1) is 10.6 Å². The number of rotatable bonds is 2. The molecule has 2 aliphatic heterocycles. The van der Waals surface area contributed by atoms with Crippen LogP contribution in [0.25, 0.3) is 6.08 Å². The zero-order valence-corrected chi connectivity index (χ0v) is 14.0. The SMILES string of the molecule is C1=Cc2ccccc2[N+]=C1c1noc(C2CCNCC2)n1.Cl.[Cl-]. The highest BCUT2D eigenvalue weighted by atomic mass is 35.5. The fourth-order valence-electron chi connectivity index (χ4n) is 2.76. The van der Waals surface area contributed by atoms with Crippen molar-refractivity contribution in [3.63, 3.8) is 0 Å². The van der Waals surface area contributed by atoms with E-state index in [2.05, 4.69) is 20.4 Å². The summed E-state index contributed by atoms with van der Waals surface area (Å²) in [6.45, 7) is 2.02. The van der Waals surface area contributed by atoms with Gasteiger partial charge in [-0.15, -0.1) is 12.4 Å². The normalized spacial score (nSPS) is 16.8. The average Bonchev–Trinajstić information content (AvgIpc) is 3.05. The van der Waals surface area contributed by atoms with E-state index in [1.165, 1.54) is 0 Å². The van der Waals surface area contributed by atoms with E-state index < -0.39 is 0 Å². The number of halogens is 2. The van der Waals surface area contributed by atoms with Crippen LogP contribution in [0.5, 0.6) is 0 Å². The van der Waals surface area contributed by atoms with Crippen LogP contribution < -0.4 is 22.7 Å². The second-order valence-electron chi connectivity index (χ2n) is 5.37. The number of aromatic nitrogens is 2. The van der Waals surface area contributed by atoms with Crippen LogP contribution in [0.2, 0.25) is 0 Å². The number of nitrogens with zero attached hydrogens (tertiary/aromatic N) is 3. The van der Waals surface area contributed by atoms with Crippen molar-refractivity contribution in [1.82, 2.24) is 20.4 Å². The van der Waals surface area contributed by atoms with E-state index in [1.807, 2.05) is 36.4 Å². The summed E-state index contributed by atoms with van der Waals surface area (Å²) >= 11 is 0. The lowest BCUT2D eigenvalue weighted by atomic mass is 9.98. The molecule has 2 aromatic rings. The molecule has 1 fully saturated rings. The lowest BCUT2D eigenvalue weighted by Crippen LogP contribution is -3.00. The third kappa shape index (κ3) is 3.63. The quantitative estimate of drug-likeness (QED) is 0.788. The number of nitrogens with one attached hydrogen (secondary N) is 1. The molecule has 1 radical (unpaired) electrons. The Labute approximate surface area is 147 Å². The van der Waals surface area contributed by atoms with Gasteiger partial charge in [0.25, 0.3) is 11.5 Å². The minimum absolute atomic E-state index is 0. The molecule has 7 heteroatoms. The molecule has 0 unspecified atom stereocenters. The van der Waals surface area contributed by atoms with Gasteiger partial charge >= 0.3 is 5.71 Å². The Kier molecular flexibility index (Phi) is 5.93. The Morgan fingerprint density at radius 3 is 2.74 bits per heavy atom. The highest BCUT2D eigenvalue weighted by Crippen LogP contribution is 2.24. The van der Waals surface area contributed by atoms with Crippen molar-refractivity contribution in [2.75, 3.05) is 13.1 Å². The van der Waals surface area contributed by atoms with Crippen molar-refractivity contribution in [1.29, 1.82) is 0 Å². The lowest BCUT2D eigenvalue weighted by molar-refractivity contribution is -0.00000496. The molecule has 4 rings (SSSR count). The minimum atomic E-state index is 0. The molecule has 0 spiro atoms. The van der Waals surface area contributed by atoms with E-state index in [9.17, 15) is 0 Å². The molecule has 0 aliphatic carbocycles. The number of hydrogen-bond acceptors (Lipinski definition) is 5. The molecule has 1 aromatic carbocycles. The van der Waals surface area contributed by atoms with Crippen LogP contribution in [0.15, 0.2) is 34.9 Å². The van der Waals surface area contributed by atoms with Gasteiger partial charge in [0.15, 0.2) is 0 Å². The van der Waals surface area contributed by atoms with E-state index in [0.717, 1.165) is 48.8 Å². The molecule has 1 N–H and O–H groups in total. The molecule has 1 aromatic heterocycles. The average molecular weight is 352 g/mol. The summed E-state index contributed by atoms with van der Waals surface area (Å²) in [5.74, 6) is 1.68. The first-order valence-electron chi connectivity index (χ1n) is 7.31. The predicted molar refractivity (Wildman–Crippen MR) is 87.8 cm³/mol. The smallest absolute Gasteiger partial charge is 0.325 e. The van der Waals surface area contributed by atoms with Gasteiger partial charge in [0.1, 0.15) is 0 Å². The van der Waals surface area contributed by atoms with Crippen LogP contribution in [0.3, 0.4) is 0 Å². The van der Waals surface area contributed by atoms with Crippen molar-refractivity contribution in [2.24, 2.45) is 0 Å². The first-order chi connectivity index (χ1) is 10.4. The molecule has 3 heterocycles. The topological polar surface area (TPSA) is 65.1 Å². The summed E-state index contributed by atoms with van der Waals surface area (Å²) in [4.78, 5) is 9.15. The zero-order chi connectivity index (χ0) is 14.1. The molecular formula is C16H17Cl2N4O. The van der Waals surface area contributed by atoms with Crippen LogP contribution in [0, 0.1) is 0 Å². The Morgan fingerprint density at radius 1 is 1.13 bits per heavy atom. The summed E-state index contributed by atoms with van der Waals surface area (Å²) < 4.78 is 5.44. The van der Waals surface area contributed by atoms with Crippen molar-refractivity contribution in [3.05, 3.63) is 47.6 Å². The molecule has 0 amide bonds. The Bertz CT molecular complexity index is 720. The minimum Gasteiger partial charge on any atom is -1.00 e. The second-order valence-corrected chi connectivity index (χ2v) is 5.37. The van der Waals surface area contributed by atoms with Crippen molar-refractivity contribution in [3.8, 4) is 0 Å². The lowest BCUT2D eigenvalue weighted by Gasteiger charge is -2.18. The first kappa shape index (κ1) is 17.7. The van der Waals surface area contributed by atoms with Crippen molar-refractivity contribution < 1.29 is 16.9 Å². The maximum atomic E-state index is 5.44. The summed E-state index contributed by atoms with van der Waals surface area (Å²) in [6.07, 6.45) is 6.08. The molecule has 121 valence electrons. The number of fused-ring (bicyclic) bond motifs is 1. The standard InChI is InChI=1S/C16H16N4O.2ClH/c1-2-4-13-11(3-1)5-6-14(18-13)15-19-16(21-20-15)12-7-9-17-10-8-12;;/h1-6,12,17H,7-10H2;2*1H/q+1;;/p-1. The van der Waals surface area contributed by atoms with E-state index in [1.54, 1.807) is 0 Å². The number of piperidine rings is 1. The molecule has 0 bridgehead atoms. The monoisotopic (exact) mass is 351 g/mol. The number of aliphatic imine (C=N–C) groups is 1. The van der Waals surface area contributed by atoms with Gasteiger partial charge in [0, 0.05) is 18.1 Å². The van der Waals surface area contributed by atoms with Crippen LogP contribution >= 0.6 is 12.4 Å². The Hall–Kier alpha value is -1.69. The molecule has 0 atom stereocenters. The van der Waals surface area contributed by atoms with Crippen LogP contribution in [0.4, 0.5) is 5.69 Å². The third-order valence-corrected chi connectivity index (χ3v) is 3.96. The number of para-hydroxylation sites is 1. The first-order valence-corrected chi connectivity index (χ1v) is 7.31. The fourth-order valence-corrected chi connectivity index (χ4v) is 2.76. The van der Waals surface area contributed by atoms with Crippen LogP contribution in [-0.4, -0.2) is 28.9 Å². The van der Waals surface area contributed by atoms with Gasteiger partial charge < -0.3 is 22.2 Å². The maximum Gasteiger partial charge on any atom is 0.325 e. The molecule has 0 saturated carbocycles. The van der Waals surface area contributed by atoms with E-state index in [-0.39, 0.29) is 24.8 Å². The number of hydrogen-bond donors (Lipinski definition) is 1. The summed E-state index contributed by atoms with van der Waals surface area (Å²) in [5.41, 5.74) is 2.82. The van der Waals surface area contributed by atoms with Gasteiger partial charge in [-0.1, -0.05) is 17.3 Å². The van der Waals surface area contributed by atoms with Gasteiger partial charge in [-0.05, 0) is 38.1 Å². The molecule has 1 saturated heterocycles. The van der Waals surface area contributed by atoms with Crippen molar-refractivity contribution >= 4 is 29.9 Å². The maximum absolute atomic E-state index is 5.44. The zero-order valence-electron chi connectivity index (χ0n) is 12.4. The largest absolute Gasteiger partial charge is 1.00 e. The Morgan fingerprint density at radius 2 is 1.91 bits per heavy atom. The third-order valence-electron chi connectivity index (χ3n) is 3.96. The summed E-state index contributed by atoms with van der Waals surface area (Å²) in [7, 11) is 0. The number of allylic oxidation sites excluding steroid dienone is 1. The van der Waals surface area contributed by atoms with Crippen LogP contribution in [0.1, 0.15) is 36.0 Å². The molecule has 2 aliphatic rings. The highest BCUT2D eigenvalue weighted by molar-refractivity contribution is 6.10. The molecule has 23 heavy (non-hydrogen) atoms. The van der Waals surface area contributed by atoms with Crippen LogP contribution in [-0.2, 0) is 0 Å². The summed E-state index contributed by atoms with van der Waals surface area (Å²) in [6, 6.07) is 8.03. The van der Waals surface area contributed by atoms with E-state index in [0.29, 0.717) is 11.7 Å². The Balaban J connectivity index is 0.000000960.